The third-order valence-corrected chi connectivity index (χ3v) is 6.62. The number of phenolic OH excluding ortho intramolecular Hbond substituents is 1. The van der Waals surface area contributed by atoms with Crippen LogP contribution in [0.4, 0.5) is 0 Å². The SMILES string of the molecule is CCOC(=O)CCS[C@H]1Cc2ccc(O)cc2C(CC)(CC)[C@@H]1N. The lowest BCUT2D eigenvalue weighted by Crippen LogP contribution is -2.55. The molecule has 2 atom stereocenters. The Morgan fingerprint density at radius 1 is 1.38 bits per heavy atom. The van der Waals surface area contributed by atoms with E-state index in [-0.39, 0.29) is 22.7 Å². The van der Waals surface area contributed by atoms with Crippen molar-refractivity contribution in [3.63, 3.8) is 0 Å². The molecule has 0 aliphatic heterocycles. The zero-order valence-electron chi connectivity index (χ0n) is 14.9. The van der Waals surface area contributed by atoms with E-state index in [1.165, 1.54) is 11.1 Å². The third-order valence-electron chi connectivity index (χ3n) is 5.29. The van der Waals surface area contributed by atoms with Crippen molar-refractivity contribution < 1.29 is 14.6 Å². The summed E-state index contributed by atoms with van der Waals surface area (Å²) >= 11 is 1.77. The van der Waals surface area contributed by atoms with E-state index in [0.717, 1.165) is 25.0 Å². The Hall–Kier alpha value is -1.20. The number of benzene rings is 1. The molecule has 0 aromatic heterocycles. The van der Waals surface area contributed by atoms with Gasteiger partial charge in [-0.25, -0.2) is 0 Å². The summed E-state index contributed by atoms with van der Waals surface area (Å²) in [6, 6.07) is 5.68. The Kier molecular flexibility index (Phi) is 6.58. The van der Waals surface area contributed by atoms with Gasteiger partial charge < -0.3 is 15.6 Å². The van der Waals surface area contributed by atoms with Gasteiger partial charge in [-0.2, -0.15) is 11.8 Å². The van der Waals surface area contributed by atoms with Gasteiger partial charge in [-0.15, -0.1) is 0 Å². The smallest absolute Gasteiger partial charge is 0.306 e. The van der Waals surface area contributed by atoms with Crippen molar-refractivity contribution >= 4 is 17.7 Å². The second kappa shape index (κ2) is 8.26. The number of carbonyl (C=O) groups is 1. The highest BCUT2D eigenvalue weighted by atomic mass is 32.2. The average Bonchev–Trinajstić information content (AvgIpc) is 2.57. The third kappa shape index (κ3) is 3.72. The van der Waals surface area contributed by atoms with Crippen molar-refractivity contribution in [3.8, 4) is 5.75 Å². The molecule has 3 N–H and O–H groups in total. The largest absolute Gasteiger partial charge is 0.508 e. The first-order valence-electron chi connectivity index (χ1n) is 8.83. The number of hydrogen-bond acceptors (Lipinski definition) is 5. The van der Waals surface area contributed by atoms with Gasteiger partial charge in [0.1, 0.15) is 5.75 Å². The number of fused-ring (bicyclic) bond motifs is 1. The van der Waals surface area contributed by atoms with Gasteiger partial charge in [-0.05, 0) is 49.4 Å². The van der Waals surface area contributed by atoms with E-state index in [1.54, 1.807) is 17.8 Å². The molecule has 0 radical (unpaired) electrons. The number of aromatic hydroxyl groups is 1. The predicted octanol–water partition coefficient (Wildman–Crippen LogP) is 3.39. The Morgan fingerprint density at radius 2 is 2.08 bits per heavy atom. The topological polar surface area (TPSA) is 72.5 Å². The number of carbonyl (C=O) groups excluding carboxylic acids is 1. The molecule has 0 fully saturated rings. The van der Waals surface area contributed by atoms with E-state index in [4.69, 9.17) is 10.5 Å². The minimum absolute atomic E-state index is 0.00833. The maximum Gasteiger partial charge on any atom is 0.306 e. The molecule has 0 bridgehead atoms. The molecule has 5 heteroatoms. The second-order valence-corrected chi connectivity index (χ2v) is 7.75. The van der Waals surface area contributed by atoms with Crippen LogP contribution in [0.2, 0.25) is 0 Å². The summed E-state index contributed by atoms with van der Waals surface area (Å²) in [5.74, 6) is 0.895. The summed E-state index contributed by atoms with van der Waals surface area (Å²) < 4.78 is 5.00. The van der Waals surface area contributed by atoms with E-state index in [9.17, 15) is 9.90 Å². The van der Waals surface area contributed by atoms with Gasteiger partial charge in [0.05, 0.1) is 13.0 Å². The monoisotopic (exact) mass is 351 g/mol. The van der Waals surface area contributed by atoms with Gasteiger partial charge in [0.2, 0.25) is 0 Å². The number of rotatable bonds is 7. The summed E-state index contributed by atoms with van der Waals surface area (Å²) in [4.78, 5) is 11.5. The molecule has 0 spiro atoms. The van der Waals surface area contributed by atoms with Crippen LogP contribution in [0.25, 0.3) is 0 Å². The zero-order chi connectivity index (χ0) is 17.7. The molecule has 0 amide bonds. The lowest BCUT2D eigenvalue weighted by Gasteiger charge is -2.47. The highest BCUT2D eigenvalue weighted by Gasteiger charge is 2.44. The van der Waals surface area contributed by atoms with Crippen LogP contribution in [-0.4, -0.2) is 34.7 Å². The first kappa shape index (κ1) is 19.1. The van der Waals surface area contributed by atoms with Crippen molar-refractivity contribution in [2.45, 2.75) is 63.2 Å². The number of nitrogens with two attached hydrogens (primary N) is 1. The maximum absolute atomic E-state index is 11.5. The van der Waals surface area contributed by atoms with E-state index >= 15 is 0 Å². The molecule has 2 rings (SSSR count). The van der Waals surface area contributed by atoms with Crippen LogP contribution in [0, 0.1) is 0 Å². The van der Waals surface area contributed by atoms with Gasteiger partial charge in [0, 0.05) is 22.5 Å². The normalized spacial score (nSPS) is 22.0. The van der Waals surface area contributed by atoms with Gasteiger partial charge in [0.15, 0.2) is 0 Å². The Labute approximate surface area is 149 Å². The lowest BCUT2D eigenvalue weighted by atomic mass is 9.63. The minimum Gasteiger partial charge on any atom is -0.508 e. The quantitative estimate of drug-likeness (QED) is 0.737. The first-order chi connectivity index (χ1) is 11.5. The van der Waals surface area contributed by atoms with E-state index < -0.39 is 0 Å². The molecule has 0 unspecified atom stereocenters. The molecule has 1 aromatic rings. The van der Waals surface area contributed by atoms with Crippen LogP contribution in [0.1, 0.15) is 51.2 Å². The average molecular weight is 352 g/mol. The fourth-order valence-electron chi connectivity index (χ4n) is 3.88. The van der Waals surface area contributed by atoms with Crippen LogP contribution in [-0.2, 0) is 21.4 Å². The molecule has 4 nitrogen and oxygen atoms in total. The molecule has 0 saturated heterocycles. The van der Waals surface area contributed by atoms with Gasteiger partial charge >= 0.3 is 5.97 Å². The number of ether oxygens (including phenoxy) is 1. The molecule has 0 heterocycles. The lowest BCUT2D eigenvalue weighted by molar-refractivity contribution is -0.142. The summed E-state index contributed by atoms with van der Waals surface area (Å²) in [5, 5.41) is 10.2. The molecular weight excluding hydrogens is 322 g/mol. The van der Waals surface area contributed by atoms with Gasteiger partial charge in [-0.3, -0.25) is 4.79 Å². The van der Waals surface area contributed by atoms with Crippen molar-refractivity contribution in [2.75, 3.05) is 12.4 Å². The fourth-order valence-corrected chi connectivity index (χ4v) is 5.23. The van der Waals surface area contributed by atoms with Crippen LogP contribution in [0.3, 0.4) is 0 Å². The summed E-state index contributed by atoms with van der Waals surface area (Å²) in [6.45, 7) is 6.59. The first-order valence-corrected chi connectivity index (χ1v) is 9.88. The summed E-state index contributed by atoms with van der Waals surface area (Å²) in [6.07, 6.45) is 3.19. The summed E-state index contributed by atoms with van der Waals surface area (Å²) in [7, 11) is 0. The van der Waals surface area contributed by atoms with Crippen molar-refractivity contribution in [1.29, 1.82) is 0 Å². The number of esters is 1. The van der Waals surface area contributed by atoms with E-state index in [0.29, 0.717) is 18.8 Å². The van der Waals surface area contributed by atoms with Gasteiger partial charge in [-0.1, -0.05) is 19.9 Å². The molecule has 0 saturated carbocycles. The highest BCUT2D eigenvalue weighted by molar-refractivity contribution is 8.00. The van der Waals surface area contributed by atoms with E-state index in [2.05, 4.69) is 13.8 Å². The predicted molar refractivity (Wildman–Crippen MR) is 99.5 cm³/mol. The van der Waals surface area contributed by atoms with Crippen LogP contribution >= 0.6 is 11.8 Å². The minimum atomic E-state index is -0.142. The molecule has 134 valence electrons. The number of thioether (sulfide) groups is 1. The van der Waals surface area contributed by atoms with Crippen molar-refractivity contribution in [3.05, 3.63) is 29.3 Å². The molecule has 1 aliphatic carbocycles. The number of hydrogen-bond donors (Lipinski definition) is 2. The van der Waals surface area contributed by atoms with Crippen molar-refractivity contribution in [1.82, 2.24) is 0 Å². The maximum atomic E-state index is 11.5. The second-order valence-electron chi connectivity index (χ2n) is 6.40. The Bertz CT molecular complexity index is 572. The van der Waals surface area contributed by atoms with Gasteiger partial charge in [0.25, 0.3) is 0 Å². The Balaban J connectivity index is 2.18. The molecular formula is C19H29NO3S. The summed E-state index contributed by atoms with van der Waals surface area (Å²) in [5.41, 5.74) is 9.05. The zero-order valence-corrected chi connectivity index (χ0v) is 15.7. The molecule has 1 aliphatic rings. The standard InChI is InChI=1S/C19H29NO3S/c1-4-19(5-2)15-12-14(21)8-7-13(15)11-16(18(19)20)24-10-9-17(22)23-6-3/h7-8,12,16,18,21H,4-6,9-11,20H2,1-3H3/t16-,18+/m0/s1. The van der Waals surface area contributed by atoms with E-state index in [1.807, 2.05) is 19.1 Å². The van der Waals surface area contributed by atoms with Crippen LogP contribution in [0.5, 0.6) is 5.75 Å². The molecule has 24 heavy (non-hydrogen) atoms. The molecule has 1 aromatic carbocycles. The van der Waals surface area contributed by atoms with Crippen LogP contribution in [0.15, 0.2) is 18.2 Å². The van der Waals surface area contributed by atoms with Crippen LogP contribution < -0.4 is 5.73 Å². The Morgan fingerprint density at radius 3 is 2.71 bits per heavy atom. The number of phenols is 1. The highest BCUT2D eigenvalue weighted by Crippen LogP contribution is 2.46. The van der Waals surface area contributed by atoms with Crippen molar-refractivity contribution in [2.24, 2.45) is 5.73 Å². The fraction of sp³-hybridized carbons (Fsp3) is 0.632.